The molecule has 5 nitrogen and oxygen atoms in total. The van der Waals surface area contributed by atoms with Crippen LogP contribution in [-0.4, -0.2) is 48.1 Å². The summed E-state index contributed by atoms with van der Waals surface area (Å²) in [6.45, 7) is 0.749. The van der Waals surface area contributed by atoms with E-state index in [1.165, 1.54) is 11.0 Å². The molecule has 1 amide bonds. The normalized spacial score (nSPS) is 18.9. The van der Waals surface area contributed by atoms with E-state index in [2.05, 4.69) is 0 Å². The van der Waals surface area contributed by atoms with Gasteiger partial charge in [0.25, 0.3) is 0 Å². The molecule has 1 aromatic rings. The van der Waals surface area contributed by atoms with Crippen molar-refractivity contribution < 1.29 is 19.1 Å². The lowest BCUT2D eigenvalue weighted by molar-refractivity contribution is -0.137. The lowest BCUT2D eigenvalue weighted by Gasteiger charge is -2.23. The molecule has 0 saturated carbocycles. The Kier molecular flexibility index (Phi) is 4.34. The molecular formula is C14H17FN2O3. The van der Waals surface area contributed by atoms with Crippen LogP contribution >= 0.6 is 0 Å². The molecule has 1 aromatic carbocycles. The second-order valence-corrected chi connectivity index (χ2v) is 4.87. The van der Waals surface area contributed by atoms with Crippen molar-refractivity contribution in [3.63, 3.8) is 0 Å². The summed E-state index contributed by atoms with van der Waals surface area (Å²) in [7, 11) is 1.72. The van der Waals surface area contributed by atoms with Crippen LogP contribution in [0.15, 0.2) is 24.3 Å². The number of anilines is 1. The van der Waals surface area contributed by atoms with Gasteiger partial charge < -0.3 is 10.0 Å². The Bertz CT molecular complexity index is 521. The molecule has 1 atom stereocenters. The minimum Gasteiger partial charge on any atom is -0.481 e. The van der Waals surface area contributed by atoms with Gasteiger partial charge in [0, 0.05) is 13.1 Å². The first kappa shape index (κ1) is 14.5. The Morgan fingerprint density at radius 1 is 1.50 bits per heavy atom. The van der Waals surface area contributed by atoms with E-state index in [0.717, 1.165) is 0 Å². The zero-order chi connectivity index (χ0) is 14.7. The fourth-order valence-electron chi connectivity index (χ4n) is 2.41. The number of carboxylic acid groups (broad SMARTS) is 1. The number of nitrogens with zero attached hydrogens (tertiary/aromatic N) is 2. The number of likely N-dealkylation sites (N-methyl/N-ethyl adjacent to an activating group) is 1. The number of amides is 1. The second-order valence-electron chi connectivity index (χ2n) is 4.87. The predicted molar refractivity (Wildman–Crippen MR) is 72.0 cm³/mol. The third-order valence-electron chi connectivity index (χ3n) is 3.53. The SMILES string of the molecule is CN(CCC(=O)O)[C@@H]1CCN(c2ccccc2F)C1=O. The quantitative estimate of drug-likeness (QED) is 0.884. The number of para-hydroxylation sites is 1. The summed E-state index contributed by atoms with van der Waals surface area (Å²) in [5.41, 5.74) is 0.284. The van der Waals surface area contributed by atoms with Crippen molar-refractivity contribution in [2.75, 3.05) is 25.0 Å². The molecule has 6 heteroatoms. The zero-order valence-electron chi connectivity index (χ0n) is 11.3. The zero-order valence-corrected chi connectivity index (χ0v) is 11.3. The van der Waals surface area contributed by atoms with Crippen LogP contribution in [0.4, 0.5) is 10.1 Å². The van der Waals surface area contributed by atoms with E-state index < -0.39 is 11.8 Å². The van der Waals surface area contributed by atoms with E-state index in [9.17, 15) is 14.0 Å². The predicted octanol–water partition coefficient (Wildman–Crippen LogP) is 1.34. The fraction of sp³-hybridized carbons (Fsp3) is 0.429. The van der Waals surface area contributed by atoms with E-state index >= 15 is 0 Å². The van der Waals surface area contributed by atoms with Gasteiger partial charge >= 0.3 is 5.97 Å². The second kappa shape index (κ2) is 6.00. The number of hydrogen-bond donors (Lipinski definition) is 1. The number of aliphatic carboxylic acids is 1. The minimum absolute atomic E-state index is 0.0139. The molecule has 1 saturated heterocycles. The summed E-state index contributed by atoms with van der Waals surface area (Å²) in [5.74, 6) is -1.49. The van der Waals surface area contributed by atoms with Gasteiger partial charge in [-0.15, -0.1) is 0 Å². The van der Waals surface area contributed by atoms with Crippen molar-refractivity contribution in [3.8, 4) is 0 Å². The molecule has 1 N–H and O–H groups in total. The number of carboxylic acids is 1. The third kappa shape index (κ3) is 2.96. The van der Waals surface area contributed by atoms with Gasteiger partial charge in [-0.1, -0.05) is 12.1 Å². The fourth-order valence-corrected chi connectivity index (χ4v) is 2.41. The Morgan fingerprint density at radius 3 is 2.85 bits per heavy atom. The van der Waals surface area contributed by atoms with Gasteiger partial charge in [0.2, 0.25) is 5.91 Å². The summed E-state index contributed by atoms with van der Waals surface area (Å²) < 4.78 is 13.7. The molecular weight excluding hydrogens is 263 g/mol. The molecule has 1 heterocycles. The van der Waals surface area contributed by atoms with Gasteiger partial charge in [-0.3, -0.25) is 14.5 Å². The van der Waals surface area contributed by atoms with E-state index in [-0.39, 0.29) is 24.1 Å². The van der Waals surface area contributed by atoms with Gasteiger partial charge in [-0.2, -0.15) is 0 Å². The highest BCUT2D eigenvalue weighted by atomic mass is 19.1. The largest absolute Gasteiger partial charge is 0.481 e. The first-order valence-electron chi connectivity index (χ1n) is 6.48. The summed E-state index contributed by atoms with van der Waals surface area (Å²) in [6.07, 6.45) is 0.559. The highest BCUT2D eigenvalue weighted by Gasteiger charge is 2.36. The standard InChI is InChI=1S/C14H17FN2O3/c1-16(8-7-13(18)19)12-6-9-17(14(12)20)11-5-3-2-4-10(11)15/h2-5,12H,6-9H2,1H3,(H,18,19)/t12-/m1/s1. The van der Waals surface area contributed by atoms with E-state index in [4.69, 9.17) is 5.11 Å². The Hall–Kier alpha value is -1.95. The molecule has 0 bridgehead atoms. The van der Waals surface area contributed by atoms with Crippen LogP contribution in [-0.2, 0) is 9.59 Å². The van der Waals surface area contributed by atoms with Crippen molar-refractivity contribution in [2.24, 2.45) is 0 Å². The van der Waals surface area contributed by atoms with Gasteiger partial charge in [-0.05, 0) is 25.6 Å². The number of carbonyl (C=O) groups excluding carboxylic acids is 1. The maximum Gasteiger partial charge on any atom is 0.304 e. The Balaban J connectivity index is 2.06. The van der Waals surface area contributed by atoms with Crippen LogP contribution in [0.5, 0.6) is 0 Å². The van der Waals surface area contributed by atoms with Crippen LogP contribution < -0.4 is 4.90 Å². The molecule has 108 valence electrons. The van der Waals surface area contributed by atoms with Crippen molar-refractivity contribution in [3.05, 3.63) is 30.1 Å². The molecule has 2 rings (SSSR count). The summed E-state index contributed by atoms with van der Waals surface area (Å²) in [5, 5.41) is 8.67. The average Bonchev–Trinajstić information content (AvgIpc) is 2.78. The molecule has 0 aromatic heterocycles. The van der Waals surface area contributed by atoms with Gasteiger partial charge in [0.05, 0.1) is 18.2 Å². The Morgan fingerprint density at radius 2 is 2.20 bits per heavy atom. The molecule has 0 spiro atoms. The number of rotatable bonds is 5. The first-order chi connectivity index (χ1) is 9.50. The molecule has 0 aliphatic carbocycles. The molecule has 1 fully saturated rings. The summed E-state index contributed by atoms with van der Waals surface area (Å²) in [6, 6.07) is 5.79. The topological polar surface area (TPSA) is 60.9 Å². The summed E-state index contributed by atoms with van der Waals surface area (Å²) >= 11 is 0. The number of halogens is 1. The van der Waals surface area contributed by atoms with Crippen LogP contribution in [0, 0.1) is 5.82 Å². The van der Waals surface area contributed by atoms with Crippen molar-refractivity contribution >= 4 is 17.6 Å². The lowest BCUT2D eigenvalue weighted by atomic mass is 10.2. The van der Waals surface area contributed by atoms with Gasteiger partial charge in [-0.25, -0.2) is 4.39 Å². The van der Waals surface area contributed by atoms with Gasteiger partial charge in [0.15, 0.2) is 0 Å². The summed E-state index contributed by atoms with van der Waals surface area (Å²) in [4.78, 5) is 26.0. The van der Waals surface area contributed by atoms with E-state index in [0.29, 0.717) is 19.5 Å². The Labute approximate surface area is 116 Å². The average molecular weight is 280 g/mol. The van der Waals surface area contributed by atoms with E-state index in [1.807, 2.05) is 0 Å². The lowest BCUT2D eigenvalue weighted by Crippen LogP contribution is -2.40. The van der Waals surface area contributed by atoms with Crippen LogP contribution in [0.1, 0.15) is 12.8 Å². The van der Waals surface area contributed by atoms with Crippen molar-refractivity contribution in [2.45, 2.75) is 18.9 Å². The van der Waals surface area contributed by atoms with E-state index in [1.54, 1.807) is 30.1 Å². The minimum atomic E-state index is -0.895. The molecule has 0 unspecified atom stereocenters. The monoisotopic (exact) mass is 280 g/mol. The first-order valence-corrected chi connectivity index (χ1v) is 6.48. The van der Waals surface area contributed by atoms with Crippen LogP contribution in [0.25, 0.3) is 0 Å². The maximum atomic E-state index is 13.7. The third-order valence-corrected chi connectivity index (χ3v) is 3.53. The smallest absolute Gasteiger partial charge is 0.304 e. The van der Waals surface area contributed by atoms with Crippen LogP contribution in [0.3, 0.4) is 0 Å². The maximum absolute atomic E-state index is 13.7. The molecule has 1 aliphatic rings. The highest BCUT2D eigenvalue weighted by Crippen LogP contribution is 2.26. The molecule has 0 radical (unpaired) electrons. The van der Waals surface area contributed by atoms with Crippen LogP contribution in [0.2, 0.25) is 0 Å². The highest BCUT2D eigenvalue weighted by molar-refractivity contribution is 5.99. The number of benzene rings is 1. The van der Waals surface area contributed by atoms with Crippen molar-refractivity contribution in [1.29, 1.82) is 0 Å². The number of carbonyl (C=O) groups is 2. The molecule has 20 heavy (non-hydrogen) atoms. The molecule has 1 aliphatic heterocycles. The van der Waals surface area contributed by atoms with Gasteiger partial charge in [0.1, 0.15) is 5.82 Å². The van der Waals surface area contributed by atoms with Crippen molar-refractivity contribution in [1.82, 2.24) is 4.90 Å². The number of hydrogen-bond acceptors (Lipinski definition) is 3.